The molecule has 34 heavy (non-hydrogen) atoms. The third-order valence-corrected chi connectivity index (χ3v) is 6.96. The van der Waals surface area contributed by atoms with Gasteiger partial charge in [-0.05, 0) is 81.8 Å². The maximum atomic E-state index is 5.68. The Morgan fingerprint density at radius 1 is 1.15 bits per heavy atom. The summed E-state index contributed by atoms with van der Waals surface area (Å²) in [6.45, 7) is 23.0. The van der Waals surface area contributed by atoms with E-state index in [2.05, 4.69) is 80.4 Å². The molecule has 0 aliphatic carbocycles. The first kappa shape index (κ1) is 27.7. The number of allylic oxidation sites excluding steroid dienone is 5. The highest BCUT2D eigenvalue weighted by atomic mass is 16.5. The molecule has 186 valence electrons. The zero-order valence-electron chi connectivity index (χ0n) is 22.1. The standard InChI is InChI=1S/C31H46N2O/c1-8-15-26(9-2)19-20-27(10-3)16-13-21-32(11-4)22-14-23-33-24-29(25(5)6)28-17-12-18-30(34-7)31(28)33/h8-9,12,15,17-18,24,27H,1-2,5,10-11,13-14,16,19-23H2,3-4,6-7H3/b26-15+. The molecule has 2 aromatic rings. The van der Waals surface area contributed by atoms with Crippen molar-refractivity contribution in [2.45, 2.75) is 65.8 Å². The number of para-hydroxylation sites is 1. The Morgan fingerprint density at radius 2 is 1.91 bits per heavy atom. The van der Waals surface area contributed by atoms with Gasteiger partial charge in [-0.15, -0.1) is 0 Å². The van der Waals surface area contributed by atoms with E-state index < -0.39 is 0 Å². The molecule has 2 rings (SSSR count). The number of methoxy groups -OCH3 is 1. The molecule has 1 aromatic carbocycles. The number of hydrogen-bond donors (Lipinski definition) is 0. The van der Waals surface area contributed by atoms with Crippen molar-refractivity contribution >= 4 is 16.5 Å². The van der Waals surface area contributed by atoms with Crippen LogP contribution in [0.1, 0.15) is 64.9 Å². The van der Waals surface area contributed by atoms with Gasteiger partial charge in [0.1, 0.15) is 5.75 Å². The topological polar surface area (TPSA) is 17.4 Å². The average Bonchev–Trinajstić information content (AvgIpc) is 3.23. The van der Waals surface area contributed by atoms with Crippen LogP contribution in [0.2, 0.25) is 0 Å². The Morgan fingerprint density at radius 3 is 2.53 bits per heavy atom. The van der Waals surface area contributed by atoms with E-state index in [9.17, 15) is 0 Å². The Hall–Kier alpha value is -2.52. The molecule has 0 saturated carbocycles. The van der Waals surface area contributed by atoms with E-state index in [1.807, 2.05) is 12.2 Å². The van der Waals surface area contributed by atoms with E-state index in [0.717, 1.165) is 49.7 Å². The predicted octanol–water partition coefficient (Wildman–Crippen LogP) is 8.28. The highest BCUT2D eigenvalue weighted by Crippen LogP contribution is 2.33. The van der Waals surface area contributed by atoms with Crippen molar-refractivity contribution in [2.75, 3.05) is 26.7 Å². The van der Waals surface area contributed by atoms with Crippen molar-refractivity contribution in [1.82, 2.24) is 9.47 Å². The Bertz CT molecular complexity index is 965. The lowest BCUT2D eigenvalue weighted by atomic mass is 9.92. The van der Waals surface area contributed by atoms with Gasteiger partial charge in [0, 0.05) is 23.7 Å². The molecule has 0 amide bonds. The number of hydrogen-bond acceptors (Lipinski definition) is 2. The molecule has 1 aromatic heterocycles. The SMILES string of the molecule is C=C/C=C(\C=C)CCC(CC)CCCN(CC)CCCn1cc(C(=C)C)c2cccc(OC)c21. The summed E-state index contributed by atoms with van der Waals surface area (Å²) in [4.78, 5) is 2.60. The fourth-order valence-electron chi connectivity index (χ4n) is 4.83. The molecule has 1 unspecified atom stereocenters. The van der Waals surface area contributed by atoms with Crippen molar-refractivity contribution in [3.8, 4) is 5.75 Å². The van der Waals surface area contributed by atoms with Crippen molar-refractivity contribution < 1.29 is 4.74 Å². The highest BCUT2D eigenvalue weighted by molar-refractivity contribution is 5.95. The fraction of sp³-hybridized carbons (Fsp3) is 0.484. The highest BCUT2D eigenvalue weighted by Gasteiger charge is 2.14. The normalized spacial score (nSPS) is 12.8. The van der Waals surface area contributed by atoms with Crippen molar-refractivity contribution in [3.05, 3.63) is 73.5 Å². The van der Waals surface area contributed by atoms with Gasteiger partial charge in [-0.1, -0.05) is 70.4 Å². The van der Waals surface area contributed by atoms with Crippen LogP contribution in [0.15, 0.2) is 67.9 Å². The number of aryl methyl sites for hydroxylation is 1. The van der Waals surface area contributed by atoms with Crippen molar-refractivity contribution in [3.63, 3.8) is 0 Å². The molecular weight excluding hydrogens is 416 g/mol. The summed E-state index contributed by atoms with van der Waals surface area (Å²) in [5.41, 5.74) is 4.79. The van der Waals surface area contributed by atoms with Gasteiger partial charge in [-0.25, -0.2) is 0 Å². The lowest BCUT2D eigenvalue weighted by Crippen LogP contribution is -2.27. The molecule has 1 atom stereocenters. The first-order valence-electron chi connectivity index (χ1n) is 13.0. The molecule has 1 heterocycles. The number of benzene rings is 1. The lowest BCUT2D eigenvalue weighted by Gasteiger charge is -2.22. The Balaban J connectivity index is 1.89. The minimum atomic E-state index is 0.783. The Kier molecular flexibility index (Phi) is 12.0. The number of rotatable bonds is 17. The van der Waals surface area contributed by atoms with Gasteiger partial charge in [0.15, 0.2) is 0 Å². The van der Waals surface area contributed by atoms with Crippen LogP contribution in [0.5, 0.6) is 5.75 Å². The molecule has 0 saturated heterocycles. The van der Waals surface area contributed by atoms with Gasteiger partial charge in [0.2, 0.25) is 0 Å². The second kappa shape index (κ2) is 14.7. The van der Waals surface area contributed by atoms with Gasteiger partial charge in [-0.2, -0.15) is 0 Å². The van der Waals surface area contributed by atoms with Gasteiger partial charge < -0.3 is 14.2 Å². The molecule has 0 radical (unpaired) electrons. The monoisotopic (exact) mass is 462 g/mol. The molecule has 3 heteroatoms. The maximum Gasteiger partial charge on any atom is 0.143 e. The van der Waals surface area contributed by atoms with Crippen LogP contribution in [0.25, 0.3) is 16.5 Å². The third kappa shape index (κ3) is 7.77. The number of nitrogens with zero attached hydrogens (tertiary/aromatic N) is 2. The van der Waals surface area contributed by atoms with Crippen LogP contribution in [0.3, 0.4) is 0 Å². The molecule has 0 spiro atoms. The van der Waals surface area contributed by atoms with E-state index in [1.165, 1.54) is 54.3 Å². The number of aromatic nitrogens is 1. The predicted molar refractivity (Wildman–Crippen MR) is 151 cm³/mol. The fourth-order valence-corrected chi connectivity index (χ4v) is 4.83. The maximum absolute atomic E-state index is 5.68. The number of ether oxygens (including phenoxy) is 1. The van der Waals surface area contributed by atoms with E-state index in [1.54, 1.807) is 7.11 Å². The molecule has 0 aliphatic rings. The van der Waals surface area contributed by atoms with Gasteiger partial charge in [0.05, 0.1) is 12.6 Å². The minimum Gasteiger partial charge on any atom is -0.495 e. The van der Waals surface area contributed by atoms with Crippen LogP contribution >= 0.6 is 0 Å². The molecule has 0 fully saturated rings. The molecule has 0 aliphatic heterocycles. The van der Waals surface area contributed by atoms with Gasteiger partial charge in [0.25, 0.3) is 0 Å². The summed E-state index contributed by atoms with van der Waals surface area (Å²) in [7, 11) is 1.75. The lowest BCUT2D eigenvalue weighted by molar-refractivity contribution is 0.262. The van der Waals surface area contributed by atoms with Crippen LogP contribution in [0, 0.1) is 5.92 Å². The summed E-state index contributed by atoms with van der Waals surface area (Å²) in [6, 6.07) is 6.29. The second-order valence-corrected chi connectivity index (χ2v) is 9.30. The summed E-state index contributed by atoms with van der Waals surface area (Å²) in [5.74, 6) is 1.72. The van der Waals surface area contributed by atoms with Crippen LogP contribution in [0.4, 0.5) is 0 Å². The third-order valence-electron chi connectivity index (χ3n) is 6.96. The summed E-state index contributed by atoms with van der Waals surface area (Å²) >= 11 is 0. The second-order valence-electron chi connectivity index (χ2n) is 9.30. The van der Waals surface area contributed by atoms with Crippen LogP contribution in [-0.2, 0) is 6.54 Å². The van der Waals surface area contributed by atoms with E-state index in [-0.39, 0.29) is 0 Å². The first-order valence-corrected chi connectivity index (χ1v) is 13.0. The molecule has 0 bridgehead atoms. The smallest absolute Gasteiger partial charge is 0.143 e. The molecular formula is C31H46N2O. The van der Waals surface area contributed by atoms with E-state index in [4.69, 9.17) is 4.74 Å². The summed E-state index contributed by atoms with van der Waals surface area (Å²) in [5, 5.41) is 1.23. The van der Waals surface area contributed by atoms with Gasteiger partial charge in [-0.3, -0.25) is 0 Å². The Labute approximate surface area is 208 Å². The quantitative estimate of drug-likeness (QED) is 0.220. The minimum absolute atomic E-state index is 0.783. The average molecular weight is 463 g/mol. The molecule has 3 nitrogen and oxygen atoms in total. The zero-order valence-corrected chi connectivity index (χ0v) is 22.1. The van der Waals surface area contributed by atoms with E-state index >= 15 is 0 Å². The first-order chi connectivity index (χ1) is 16.5. The molecule has 0 N–H and O–H groups in total. The van der Waals surface area contributed by atoms with Crippen molar-refractivity contribution in [1.29, 1.82) is 0 Å². The van der Waals surface area contributed by atoms with Crippen LogP contribution < -0.4 is 4.74 Å². The van der Waals surface area contributed by atoms with Crippen molar-refractivity contribution in [2.24, 2.45) is 5.92 Å². The summed E-state index contributed by atoms with van der Waals surface area (Å²) in [6.07, 6.45) is 15.4. The van der Waals surface area contributed by atoms with Crippen LogP contribution in [-0.4, -0.2) is 36.2 Å². The zero-order chi connectivity index (χ0) is 24.9. The van der Waals surface area contributed by atoms with Gasteiger partial charge >= 0.3 is 0 Å². The summed E-state index contributed by atoms with van der Waals surface area (Å²) < 4.78 is 8.03. The van der Waals surface area contributed by atoms with E-state index in [0.29, 0.717) is 0 Å². The number of fused-ring (bicyclic) bond motifs is 1. The largest absolute Gasteiger partial charge is 0.495 e.